The first kappa shape index (κ1) is 21.7. The van der Waals surface area contributed by atoms with Crippen molar-refractivity contribution in [2.45, 2.75) is 44.8 Å². The Bertz CT molecular complexity index is 1100. The molecule has 2 aliphatic heterocycles. The number of carbonyl (C=O) groups excluding carboxylic acids is 1. The molecule has 1 aromatic heterocycles. The van der Waals surface area contributed by atoms with Gasteiger partial charge < -0.3 is 19.1 Å². The summed E-state index contributed by atoms with van der Waals surface area (Å²) in [7, 11) is 0. The predicted molar refractivity (Wildman–Crippen MR) is 128 cm³/mol. The molecule has 33 heavy (non-hydrogen) atoms. The maximum atomic E-state index is 12.5. The molecule has 2 aliphatic rings. The van der Waals surface area contributed by atoms with Gasteiger partial charge in [0, 0.05) is 49.7 Å². The molecule has 6 nitrogen and oxygen atoms in total. The van der Waals surface area contributed by atoms with Crippen LogP contribution in [0.15, 0.2) is 54.7 Å². The third kappa shape index (κ3) is 4.81. The Kier molecular flexibility index (Phi) is 6.44. The van der Waals surface area contributed by atoms with Crippen molar-refractivity contribution in [3.8, 4) is 22.6 Å². The van der Waals surface area contributed by atoms with Gasteiger partial charge in [0.2, 0.25) is 0 Å². The minimum absolute atomic E-state index is 0.119. The number of fused-ring (bicyclic) bond motifs is 1. The summed E-state index contributed by atoms with van der Waals surface area (Å²) in [4.78, 5) is 19.0. The van der Waals surface area contributed by atoms with Crippen molar-refractivity contribution < 1.29 is 19.0 Å². The van der Waals surface area contributed by atoms with Crippen molar-refractivity contribution in [2.75, 3.05) is 26.3 Å². The summed E-state index contributed by atoms with van der Waals surface area (Å²) in [6.45, 7) is 4.75. The summed E-state index contributed by atoms with van der Waals surface area (Å²) in [5, 5.41) is 1.06. The Morgan fingerprint density at radius 2 is 1.94 bits per heavy atom. The van der Waals surface area contributed by atoms with Gasteiger partial charge in [-0.05, 0) is 55.7 Å². The van der Waals surface area contributed by atoms with E-state index in [0.717, 1.165) is 72.3 Å². The summed E-state index contributed by atoms with van der Waals surface area (Å²) in [6, 6.07) is 16.3. The van der Waals surface area contributed by atoms with Crippen LogP contribution < -0.4 is 9.47 Å². The van der Waals surface area contributed by atoms with Crippen LogP contribution in [-0.2, 0) is 9.53 Å². The summed E-state index contributed by atoms with van der Waals surface area (Å²) < 4.78 is 17.7. The van der Waals surface area contributed by atoms with E-state index in [-0.39, 0.29) is 18.1 Å². The Balaban J connectivity index is 1.24. The van der Waals surface area contributed by atoms with E-state index in [1.54, 1.807) is 0 Å². The zero-order chi connectivity index (χ0) is 22.6. The van der Waals surface area contributed by atoms with Crippen LogP contribution in [0, 0.1) is 0 Å². The Morgan fingerprint density at radius 3 is 2.67 bits per heavy atom. The Hall–Kier alpha value is -3.12. The van der Waals surface area contributed by atoms with Crippen LogP contribution in [0.2, 0.25) is 0 Å². The molecule has 0 saturated carbocycles. The number of hydrogen-bond acceptors (Lipinski definition) is 5. The van der Waals surface area contributed by atoms with Crippen LogP contribution in [0.5, 0.6) is 11.5 Å². The highest BCUT2D eigenvalue weighted by molar-refractivity contribution is 5.88. The highest BCUT2D eigenvalue weighted by Gasteiger charge is 2.31. The molecular formula is C27H30N2O4. The number of rotatable bonds is 6. The summed E-state index contributed by atoms with van der Waals surface area (Å²) >= 11 is 0. The minimum Gasteiger partial charge on any atom is -0.493 e. The topological polar surface area (TPSA) is 60.9 Å². The molecule has 2 aromatic carbocycles. The summed E-state index contributed by atoms with van der Waals surface area (Å²) in [6.07, 6.45) is 5.20. The minimum atomic E-state index is -0.234. The van der Waals surface area contributed by atoms with Gasteiger partial charge in [-0.15, -0.1) is 0 Å². The molecule has 3 aromatic rings. The van der Waals surface area contributed by atoms with Gasteiger partial charge in [0.15, 0.2) is 0 Å². The van der Waals surface area contributed by atoms with E-state index in [0.29, 0.717) is 13.2 Å². The number of ether oxygens (including phenoxy) is 3. The highest BCUT2D eigenvalue weighted by Crippen LogP contribution is 2.35. The molecule has 0 bridgehead atoms. The van der Waals surface area contributed by atoms with Crippen molar-refractivity contribution in [3.05, 3.63) is 54.7 Å². The molecule has 2 fully saturated rings. The van der Waals surface area contributed by atoms with E-state index in [2.05, 4.69) is 29.2 Å². The van der Waals surface area contributed by atoms with Crippen molar-refractivity contribution in [2.24, 2.45) is 0 Å². The van der Waals surface area contributed by atoms with E-state index in [4.69, 9.17) is 14.2 Å². The third-order valence-electron chi connectivity index (χ3n) is 6.43. The smallest absolute Gasteiger partial charge is 0.251 e. The second kappa shape index (κ2) is 9.79. The molecular weight excluding hydrogens is 416 g/mol. The van der Waals surface area contributed by atoms with Gasteiger partial charge in [0.1, 0.15) is 23.7 Å². The molecule has 0 aliphatic carbocycles. The molecule has 0 unspecified atom stereocenters. The van der Waals surface area contributed by atoms with Gasteiger partial charge in [-0.25, -0.2) is 0 Å². The summed E-state index contributed by atoms with van der Waals surface area (Å²) in [5.41, 5.74) is 3.03. The number of aromatic nitrogens is 1. The lowest BCUT2D eigenvalue weighted by Crippen LogP contribution is -2.45. The fourth-order valence-electron chi connectivity index (χ4n) is 4.68. The summed E-state index contributed by atoms with van der Waals surface area (Å²) in [5.74, 6) is 1.85. The lowest BCUT2D eigenvalue weighted by atomic mass is 10.0. The van der Waals surface area contributed by atoms with Gasteiger partial charge in [-0.3, -0.25) is 9.78 Å². The Morgan fingerprint density at radius 1 is 1.12 bits per heavy atom. The van der Waals surface area contributed by atoms with Gasteiger partial charge in [-0.1, -0.05) is 18.2 Å². The highest BCUT2D eigenvalue weighted by atomic mass is 16.5. The third-order valence-corrected chi connectivity index (χ3v) is 6.43. The maximum Gasteiger partial charge on any atom is 0.251 e. The number of carbonyl (C=O) groups is 1. The lowest BCUT2D eigenvalue weighted by Gasteiger charge is -2.33. The van der Waals surface area contributed by atoms with Gasteiger partial charge in [0.25, 0.3) is 5.91 Å². The standard InChI is InChI=1S/C27H30N2O4/c1-2-31-26-17-20-5-3-13-28-24(20)18-23(26)19-7-9-21(10-8-19)33-22-11-14-29(15-12-22)27(30)25-6-4-16-32-25/h3,5,7-10,13,17-18,22,25H,2,4,6,11-12,14-16H2,1H3/t25-/m1/s1. The van der Waals surface area contributed by atoms with E-state index in [1.165, 1.54) is 0 Å². The molecule has 2 saturated heterocycles. The Labute approximate surface area is 194 Å². The normalized spacial score (nSPS) is 19.1. The molecule has 6 heteroatoms. The number of hydrogen-bond donors (Lipinski definition) is 0. The number of piperidine rings is 1. The van der Waals surface area contributed by atoms with Crippen molar-refractivity contribution in [1.29, 1.82) is 0 Å². The second-order valence-electron chi connectivity index (χ2n) is 8.65. The molecule has 0 N–H and O–H groups in total. The van der Waals surface area contributed by atoms with Gasteiger partial charge >= 0.3 is 0 Å². The van der Waals surface area contributed by atoms with Crippen LogP contribution in [0.3, 0.4) is 0 Å². The molecule has 3 heterocycles. The number of likely N-dealkylation sites (tertiary alicyclic amines) is 1. The van der Waals surface area contributed by atoms with Crippen LogP contribution in [0.4, 0.5) is 0 Å². The monoisotopic (exact) mass is 446 g/mol. The fraction of sp³-hybridized carbons (Fsp3) is 0.407. The number of amides is 1. The first-order valence-electron chi connectivity index (χ1n) is 11.9. The quantitative estimate of drug-likeness (QED) is 0.542. The SMILES string of the molecule is CCOc1cc2cccnc2cc1-c1ccc(OC2CCN(C(=O)[C@H]3CCCO3)CC2)cc1. The zero-order valence-corrected chi connectivity index (χ0v) is 19.0. The van der Waals surface area contributed by atoms with Gasteiger partial charge in [-0.2, -0.15) is 0 Å². The second-order valence-corrected chi connectivity index (χ2v) is 8.65. The number of nitrogens with zero attached hydrogens (tertiary/aromatic N) is 2. The van der Waals surface area contributed by atoms with Crippen LogP contribution in [0.1, 0.15) is 32.6 Å². The lowest BCUT2D eigenvalue weighted by molar-refractivity contribution is -0.142. The molecule has 5 rings (SSSR count). The average Bonchev–Trinajstić information content (AvgIpc) is 3.40. The molecule has 1 atom stereocenters. The van der Waals surface area contributed by atoms with Crippen molar-refractivity contribution in [1.82, 2.24) is 9.88 Å². The molecule has 0 spiro atoms. The number of benzene rings is 2. The molecule has 1 amide bonds. The molecule has 172 valence electrons. The average molecular weight is 447 g/mol. The van der Waals surface area contributed by atoms with E-state index >= 15 is 0 Å². The van der Waals surface area contributed by atoms with Crippen LogP contribution >= 0.6 is 0 Å². The van der Waals surface area contributed by atoms with E-state index in [1.807, 2.05) is 42.3 Å². The van der Waals surface area contributed by atoms with Crippen LogP contribution in [-0.4, -0.2) is 54.3 Å². The van der Waals surface area contributed by atoms with Crippen molar-refractivity contribution in [3.63, 3.8) is 0 Å². The first-order valence-corrected chi connectivity index (χ1v) is 11.9. The fourth-order valence-corrected chi connectivity index (χ4v) is 4.68. The van der Waals surface area contributed by atoms with E-state index in [9.17, 15) is 4.79 Å². The van der Waals surface area contributed by atoms with Crippen LogP contribution in [0.25, 0.3) is 22.0 Å². The zero-order valence-electron chi connectivity index (χ0n) is 19.0. The van der Waals surface area contributed by atoms with E-state index < -0.39 is 0 Å². The largest absolute Gasteiger partial charge is 0.493 e. The van der Waals surface area contributed by atoms with Gasteiger partial charge in [0.05, 0.1) is 12.1 Å². The maximum absolute atomic E-state index is 12.5. The predicted octanol–water partition coefficient (Wildman–Crippen LogP) is 4.85. The number of pyridine rings is 1. The molecule has 0 radical (unpaired) electrons. The first-order chi connectivity index (χ1) is 16.2. The van der Waals surface area contributed by atoms with Crippen molar-refractivity contribution >= 4 is 16.8 Å².